The first kappa shape index (κ1) is 19.0. The molecule has 0 fully saturated rings. The lowest BCUT2D eigenvalue weighted by Gasteiger charge is -2.19. The molecule has 0 radical (unpaired) electrons. The normalized spacial score (nSPS) is 17.8. The van der Waals surface area contributed by atoms with Crippen molar-refractivity contribution < 1.29 is 9.59 Å². The van der Waals surface area contributed by atoms with Gasteiger partial charge in [0.15, 0.2) is 11.6 Å². The van der Waals surface area contributed by atoms with Crippen molar-refractivity contribution >= 4 is 33.7 Å². The Bertz CT molecular complexity index is 1120. The van der Waals surface area contributed by atoms with Gasteiger partial charge in [-0.15, -0.1) is 0 Å². The fourth-order valence-corrected chi connectivity index (χ4v) is 4.15. The van der Waals surface area contributed by atoms with Gasteiger partial charge in [-0.05, 0) is 31.5 Å². The maximum Gasteiger partial charge on any atom is 0.171 e. The lowest BCUT2D eigenvalue weighted by atomic mass is 9.84. The Morgan fingerprint density at radius 3 is 2.24 bits per heavy atom. The third-order valence-electron chi connectivity index (χ3n) is 5.43. The molecule has 2 aliphatic rings. The fraction of sp³-hybridized carbons (Fsp3) is 0.208. The summed E-state index contributed by atoms with van der Waals surface area (Å²) in [5.41, 5.74) is 8.85. The van der Waals surface area contributed by atoms with Crippen LogP contribution in [0.25, 0.3) is 10.8 Å². The molecule has 0 saturated heterocycles. The van der Waals surface area contributed by atoms with Crippen LogP contribution in [0.3, 0.4) is 0 Å². The summed E-state index contributed by atoms with van der Waals surface area (Å²) in [5, 5.41) is 8.64. The minimum absolute atomic E-state index is 0.0365. The zero-order valence-corrected chi connectivity index (χ0v) is 16.6. The topological polar surface area (TPSA) is 75.8 Å². The van der Waals surface area contributed by atoms with Gasteiger partial charge >= 0.3 is 0 Å². The molecule has 3 aromatic rings. The lowest BCUT2D eigenvalue weighted by Crippen LogP contribution is -2.22. The SMILES string of the molecule is CC1CC(c2ccc3c4c(cccc24)C(=O)CC3=O)=NN1c1ccccc1.CN. The van der Waals surface area contributed by atoms with Crippen LogP contribution in [-0.2, 0) is 0 Å². The van der Waals surface area contributed by atoms with E-state index in [-0.39, 0.29) is 24.0 Å². The molecule has 1 heterocycles. The number of hydrazone groups is 1. The van der Waals surface area contributed by atoms with E-state index in [0.29, 0.717) is 11.1 Å². The molecule has 0 bridgehead atoms. The number of hydrogen-bond acceptors (Lipinski definition) is 5. The van der Waals surface area contributed by atoms with E-state index in [4.69, 9.17) is 5.10 Å². The monoisotopic (exact) mass is 385 g/mol. The third kappa shape index (κ3) is 3.13. The molecule has 0 saturated carbocycles. The first-order valence-corrected chi connectivity index (χ1v) is 9.75. The summed E-state index contributed by atoms with van der Waals surface area (Å²) in [7, 11) is 1.50. The van der Waals surface area contributed by atoms with Crippen molar-refractivity contribution in [3.8, 4) is 0 Å². The summed E-state index contributed by atoms with van der Waals surface area (Å²) in [6, 6.07) is 19.9. The lowest BCUT2D eigenvalue weighted by molar-refractivity contribution is 0.0890. The predicted molar refractivity (Wildman–Crippen MR) is 117 cm³/mol. The Labute approximate surface area is 169 Å². The molecular weight excluding hydrogens is 362 g/mol. The van der Waals surface area contributed by atoms with Gasteiger partial charge in [0.1, 0.15) is 0 Å². The molecule has 3 aromatic carbocycles. The summed E-state index contributed by atoms with van der Waals surface area (Å²) < 4.78 is 0. The second-order valence-corrected chi connectivity index (χ2v) is 7.19. The molecule has 0 spiro atoms. The highest BCUT2D eigenvalue weighted by Gasteiger charge is 2.29. The van der Waals surface area contributed by atoms with Gasteiger partial charge < -0.3 is 5.73 Å². The first-order valence-electron chi connectivity index (χ1n) is 9.75. The van der Waals surface area contributed by atoms with Gasteiger partial charge in [0.2, 0.25) is 0 Å². The maximum atomic E-state index is 12.3. The van der Waals surface area contributed by atoms with Gasteiger partial charge in [-0.2, -0.15) is 5.10 Å². The van der Waals surface area contributed by atoms with E-state index in [2.05, 4.69) is 24.8 Å². The second kappa shape index (κ2) is 7.60. The van der Waals surface area contributed by atoms with Crippen LogP contribution in [0.4, 0.5) is 5.69 Å². The highest BCUT2D eigenvalue weighted by molar-refractivity contribution is 6.29. The van der Waals surface area contributed by atoms with Crippen molar-refractivity contribution in [3.05, 3.63) is 77.4 Å². The van der Waals surface area contributed by atoms with Crippen molar-refractivity contribution in [3.63, 3.8) is 0 Å². The van der Waals surface area contributed by atoms with E-state index in [0.717, 1.165) is 34.2 Å². The largest absolute Gasteiger partial charge is 0.333 e. The molecule has 2 N–H and O–H groups in total. The highest BCUT2D eigenvalue weighted by atomic mass is 16.1. The molecule has 5 heteroatoms. The van der Waals surface area contributed by atoms with E-state index in [1.54, 1.807) is 0 Å². The average molecular weight is 385 g/mol. The van der Waals surface area contributed by atoms with E-state index in [9.17, 15) is 9.59 Å². The van der Waals surface area contributed by atoms with Gasteiger partial charge in [0.25, 0.3) is 0 Å². The van der Waals surface area contributed by atoms with Gasteiger partial charge in [0.05, 0.1) is 23.9 Å². The predicted octanol–water partition coefficient (Wildman–Crippen LogP) is 4.19. The number of benzene rings is 3. The summed E-state index contributed by atoms with van der Waals surface area (Å²) in [6.45, 7) is 2.15. The number of nitrogens with two attached hydrogens (primary N) is 1. The van der Waals surface area contributed by atoms with E-state index < -0.39 is 0 Å². The van der Waals surface area contributed by atoms with Crippen LogP contribution < -0.4 is 10.7 Å². The number of rotatable bonds is 2. The maximum absolute atomic E-state index is 12.3. The minimum atomic E-state index is -0.0945. The van der Waals surface area contributed by atoms with Crippen LogP contribution in [0.5, 0.6) is 0 Å². The standard InChI is InChI=1S/C23H18N2O2.CH5N/c1-14-12-20(24-25(14)15-6-3-2-4-7-15)16-10-11-19-22(27)13-21(26)18-9-5-8-17(16)23(18)19;1-2/h2-11,14H,12-13H2,1H3;2H2,1H3. The Morgan fingerprint density at radius 1 is 0.862 bits per heavy atom. The third-order valence-corrected chi connectivity index (χ3v) is 5.43. The second-order valence-electron chi connectivity index (χ2n) is 7.19. The number of carbonyl (C=O) groups excluding carboxylic acids is 2. The molecule has 0 amide bonds. The fourth-order valence-electron chi connectivity index (χ4n) is 4.15. The minimum Gasteiger partial charge on any atom is -0.333 e. The number of para-hydroxylation sites is 1. The van der Waals surface area contributed by atoms with E-state index in [1.807, 2.05) is 53.5 Å². The average Bonchev–Trinajstić information content (AvgIpc) is 3.15. The molecular formula is C24H23N3O2. The molecule has 1 atom stereocenters. The van der Waals surface area contributed by atoms with Crippen LogP contribution in [0, 0.1) is 0 Å². The molecule has 5 rings (SSSR count). The van der Waals surface area contributed by atoms with E-state index in [1.165, 1.54) is 7.05 Å². The van der Waals surface area contributed by atoms with Crippen LogP contribution >= 0.6 is 0 Å². The van der Waals surface area contributed by atoms with Crippen LogP contribution in [0.2, 0.25) is 0 Å². The Kier molecular flexibility index (Phi) is 4.99. The molecule has 29 heavy (non-hydrogen) atoms. The number of carbonyl (C=O) groups is 2. The molecule has 146 valence electrons. The molecule has 5 nitrogen and oxygen atoms in total. The smallest absolute Gasteiger partial charge is 0.171 e. The van der Waals surface area contributed by atoms with Crippen LogP contribution in [0.15, 0.2) is 65.8 Å². The molecule has 1 aliphatic heterocycles. The van der Waals surface area contributed by atoms with E-state index >= 15 is 0 Å². The number of hydrogen-bond donors (Lipinski definition) is 1. The number of Topliss-reactive ketones (excluding diaryl/α,β-unsaturated/α-hetero) is 2. The van der Waals surface area contributed by atoms with Gasteiger partial charge in [-0.3, -0.25) is 14.6 Å². The molecule has 1 unspecified atom stereocenters. The number of nitrogens with zero attached hydrogens (tertiary/aromatic N) is 2. The molecule has 0 aromatic heterocycles. The highest BCUT2D eigenvalue weighted by Crippen LogP contribution is 2.34. The van der Waals surface area contributed by atoms with Crippen molar-refractivity contribution in [1.82, 2.24) is 0 Å². The van der Waals surface area contributed by atoms with Crippen LogP contribution in [0.1, 0.15) is 46.0 Å². The quantitative estimate of drug-likeness (QED) is 0.671. The van der Waals surface area contributed by atoms with Gasteiger partial charge in [-0.1, -0.05) is 48.5 Å². The van der Waals surface area contributed by atoms with Crippen molar-refractivity contribution in [2.75, 3.05) is 12.1 Å². The van der Waals surface area contributed by atoms with Crippen molar-refractivity contribution in [2.45, 2.75) is 25.8 Å². The molecule has 1 aliphatic carbocycles. The Morgan fingerprint density at radius 2 is 1.52 bits per heavy atom. The summed E-state index contributed by atoms with van der Waals surface area (Å²) in [6.07, 6.45) is 0.778. The van der Waals surface area contributed by atoms with Gasteiger partial charge in [0, 0.05) is 28.5 Å². The summed E-state index contributed by atoms with van der Waals surface area (Å²) in [5.74, 6) is -0.189. The van der Waals surface area contributed by atoms with Crippen LogP contribution in [-0.4, -0.2) is 30.4 Å². The van der Waals surface area contributed by atoms with Crippen molar-refractivity contribution in [2.24, 2.45) is 10.8 Å². The zero-order valence-electron chi connectivity index (χ0n) is 16.6. The van der Waals surface area contributed by atoms with Gasteiger partial charge in [-0.25, -0.2) is 0 Å². The summed E-state index contributed by atoms with van der Waals surface area (Å²) >= 11 is 0. The zero-order chi connectivity index (χ0) is 20.5. The Hall–Kier alpha value is -3.31. The first-order chi connectivity index (χ1) is 14.1. The Balaban J connectivity index is 0.000000994. The number of anilines is 1. The summed E-state index contributed by atoms with van der Waals surface area (Å²) in [4.78, 5) is 24.7. The van der Waals surface area contributed by atoms with Crippen molar-refractivity contribution in [1.29, 1.82) is 0 Å². The number of ketones is 2.